The number of unbranched alkanes of at least 4 members (excludes halogenated alkanes) is 1. The summed E-state index contributed by atoms with van der Waals surface area (Å²) in [5.74, 6) is 0. The molecule has 2 aromatic rings. The van der Waals surface area contributed by atoms with Gasteiger partial charge in [0.25, 0.3) is 0 Å². The van der Waals surface area contributed by atoms with E-state index in [1.165, 1.54) is 22.0 Å². The van der Waals surface area contributed by atoms with Crippen LogP contribution < -0.4 is 5.30 Å². The molecule has 0 aliphatic carbocycles. The van der Waals surface area contributed by atoms with Gasteiger partial charge in [0.2, 0.25) is 0 Å². The van der Waals surface area contributed by atoms with E-state index in [4.69, 9.17) is 0 Å². The van der Waals surface area contributed by atoms with Crippen LogP contribution in [0.2, 0.25) is 0 Å². The van der Waals surface area contributed by atoms with Crippen molar-refractivity contribution >= 4 is 19.5 Å². The minimum Gasteiger partial charge on any atom is -0.0991 e. The second-order valence-electron chi connectivity index (χ2n) is 5.41. The first-order valence-electron chi connectivity index (χ1n) is 8.33. The summed E-state index contributed by atoms with van der Waals surface area (Å²) in [6.07, 6.45) is 14.5. The molecule has 0 heterocycles. The second kappa shape index (κ2) is 10.6. The third-order valence-corrected chi connectivity index (χ3v) is 4.72. The van der Waals surface area contributed by atoms with Crippen molar-refractivity contribution in [1.29, 1.82) is 0 Å². The maximum atomic E-state index is 3.67. The van der Waals surface area contributed by atoms with Crippen LogP contribution in [-0.2, 0) is 0 Å². The van der Waals surface area contributed by atoms with Gasteiger partial charge in [-0.1, -0.05) is 106 Å². The maximum Gasteiger partial charge on any atom is -0.0107 e. The fourth-order valence-corrected chi connectivity index (χ4v) is 3.33. The van der Waals surface area contributed by atoms with E-state index < -0.39 is 0 Å². The Balaban J connectivity index is 2.24. The Labute approximate surface area is 148 Å². The molecule has 0 saturated carbocycles. The second-order valence-corrected chi connectivity index (χ2v) is 6.44. The largest absolute Gasteiger partial charge is 0.0991 e. The predicted molar refractivity (Wildman–Crippen MR) is 112 cm³/mol. The molecular weight excluding hydrogens is 307 g/mol. The van der Waals surface area contributed by atoms with E-state index in [-0.39, 0.29) is 0 Å². The first-order chi connectivity index (χ1) is 11.9. The highest BCUT2D eigenvalue weighted by molar-refractivity contribution is 7.46. The highest BCUT2D eigenvalue weighted by Crippen LogP contribution is 2.25. The monoisotopic (exact) mass is 332 g/mol. The first-order valence-corrected chi connectivity index (χ1v) is 9.83. The molecule has 0 saturated heterocycles. The Morgan fingerprint density at radius 2 is 1.67 bits per heavy atom. The first kappa shape index (κ1) is 18.2. The average molecular weight is 332 g/mol. The zero-order chi connectivity index (χ0) is 17.0. The minimum atomic E-state index is 0.798. The van der Waals surface area contributed by atoms with Crippen LogP contribution in [0.25, 0.3) is 5.57 Å². The lowest BCUT2D eigenvalue weighted by atomic mass is 9.96. The van der Waals surface area contributed by atoms with E-state index in [1.54, 1.807) is 6.08 Å². The summed E-state index contributed by atoms with van der Waals surface area (Å²) < 4.78 is 0. The molecule has 0 aliphatic rings. The summed E-state index contributed by atoms with van der Waals surface area (Å²) in [4.78, 5) is 0. The molecule has 0 radical (unpaired) electrons. The average Bonchev–Trinajstić information content (AvgIpc) is 2.65. The third-order valence-electron chi connectivity index (χ3n) is 3.75. The smallest absolute Gasteiger partial charge is 0.0107 e. The standard InChI is InChI=1S/C23H25P/c1-3-4-5-6-7-8-12-17-21(20-15-10-9-11-16-20)22-18-13-14-19-23(22)24-2/h3-7,9-11,13-19,24H,1,8,12H2,2H3/b5-4-,7-6-,21-17-. The lowest BCUT2D eigenvalue weighted by Gasteiger charge is -2.13. The molecule has 122 valence electrons. The number of allylic oxidation sites excluding steroid dienone is 6. The van der Waals surface area contributed by atoms with Gasteiger partial charge in [0.15, 0.2) is 0 Å². The van der Waals surface area contributed by atoms with Gasteiger partial charge in [-0.05, 0) is 41.5 Å². The van der Waals surface area contributed by atoms with Crippen molar-refractivity contribution in [3.63, 3.8) is 0 Å². The Kier molecular flexibility index (Phi) is 8.01. The van der Waals surface area contributed by atoms with E-state index in [2.05, 4.69) is 86.1 Å². The molecule has 1 heteroatoms. The van der Waals surface area contributed by atoms with Gasteiger partial charge in [-0.15, -0.1) is 0 Å². The van der Waals surface area contributed by atoms with Crippen molar-refractivity contribution in [2.75, 3.05) is 6.66 Å². The maximum absolute atomic E-state index is 3.67. The third kappa shape index (κ3) is 5.48. The molecule has 0 aromatic heterocycles. The Morgan fingerprint density at radius 1 is 0.917 bits per heavy atom. The van der Waals surface area contributed by atoms with Crippen LogP contribution in [0, 0.1) is 0 Å². The number of benzene rings is 2. The van der Waals surface area contributed by atoms with Gasteiger partial charge < -0.3 is 0 Å². The summed E-state index contributed by atoms with van der Waals surface area (Å²) in [6, 6.07) is 19.4. The molecule has 0 bridgehead atoms. The summed E-state index contributed by atoms with van der Waals surface area (Å²) in [7, 11) is 0.798. The summed E-state index contributed by atoms with van der Waals surface area (Å²) in [6.45, 7) is 5.92. The zero-order valence-electron chi connectivity index (χ0n) is 14.3. The molecule has 0 amide bonds. The molecule has 0 nitrogen and oxygen atoms in total. The molecule has 0 N–H and O–H groups in total. The molecule has 0 fully saturated rings. The van der Waals surface area contributed by atoms with Gasteiger partial charge in [-0.2, -0.15) is 0 Å². The van der Waals surface area contributed by atoms with Crippen LogP contribution in [0.3, 0.4) is 0 Å². The van der Waals surface area contributed by atoms with Crippen molar-refractivity contribution < 1.29 is 0 Å². The van der Waals surface area contributed by atoms with Crippen LogP contribution in [0.1, 0.15) is 24.0 Å². The Morgan fingerprint density at radius 3 is 2.42 bits per heavy atom. The normalized spacial score (nSPS) is 12.6. The number of hydrogen-bond acceptors (Lipinski definition) is 0. The van der Waals surface area contributed by atoms with E-state index in [0.717, 1.165) is 21.4 Å². The quantitative estimate of drug-likeness (QED) is 0.310. The summed E-state index contributed by atoms with van der Waals surface area (Å²) in [5.41, 5.74) is 3.99. The number of hydrogen-bond donors (Lipinski definition) is 0. The molecule has 24 heavy (non-hydrogen) atoms. The molecule has 1 unspecified atom stereocenters. The van der Waals surface area contributed by atoms with Gasteiger partial charge in [0.1, 0.15) is 0 Å². The van der Waals surface area contributed by atoms with Gasteiger partial charge >= 0.3 is 0 Å². The van der Waals surface area contributed by atoms with E-state index >= 15 is 0 Å². The molecule has 2 rings (SSSR count). The van der Waals surface area contributed by atoms with Crippen LogP contribution in [0.4, 0.5) is 0 Å². The highest BCUT2D eigenvalue weighted by atomic mass is 31.1. The van der Waals surface area contributed by atoms with Crippen molar-refractivity contribution in [3.05, 3.63) is 109 Å². The van der Waals surface area contributed by atoms with E-state index in [9.17, 15) is 0 Å². The van der Waals surface area contributed by atoms with Crippen molar-refractivity contribution in [2.24, 2.45) is 0 Å². The van der Waals surface area contributed by atoms with Crippen molar-refractivity contribution in [2.45, 2.75) is 12.8 Å². The predicted octanol–water partition coefficient (Wildman–Crippen LogP) is 6.13. The Bertz CT molecular complexity index is 721. The fraction of sp³-hybridized carbons (Fsp3) is 0.130. The SMILES string of the molecule is C=C/C=C\C=C/CC/C=C(/c1ccccc1)c1ccccc1PC. The molecule has 0 aliphatic heterocycles. The molecule has 2 aromatic carbocycles. The zero-order valence-corrected chi connectivity index (χ0v) is 15.3. The summed E-state index contributed by atoms with van der Waals surface area (Å²) in [5, 5.41) is 1.43. The van der Waals surface area contributed by atoms with Crippen molar-refractivity contribution in [1.82, 2.24) is 0 Å². The summed E-state index contributed by atoms with van der Waals surface area (Å²) >= 11 is 0. The highest BCUT2D eigenvalue weighted by Gasteiger charge is 2.08. The van der Waals surface area contributed by atoms with Gasteiger partial charge in [-0.3, -0.25) is 0 Å². The van der Waals surface area contributed by atoms with E-state index in [0.29, 0.717) is 0 Å². The van der Waals surface area contributed by atoms with Gasteiger partial charge in [-0.25, -0.2) is 0 Å². The molecule has 1 atom stereocenters. The van der Waals surface area contributed by atoms with Crippen LogP contribution in [0.5, 0.6) is 0 Å². The Hall–Kier alpha value is -2.17. The van der Waals surface area contributed by atoms with Gasteiger partial charge in [0, 0.05) is 0 Å². The number of rotatable bonds is 8. The van der Waals surface area contributed by atoms with Crippen LogP contribution in [-0.4, -0.2) is 6.66 Å². The lowest BCUT2D eigenvalue weighted by molar-refractivity contribution is 1.05. The van der Waals surface area contributed by atoms with E-state index in [1.807, 2.05) is 12.2 Å². The molecule has 0 spiro atoms. The van der Waals surface area contributed by atoms with Gasteiger partial charge in [0.05, 0.1) is 0 Å². The topological polar surface area (TPSA) is 0 Å². The lowest BCUT2D eigenvalue weighted by Crippen LogP contribution is -2.03. The van der Waals surface area contributed by atoms with Crippen LogP contribution >= 0.6 is 8.58 Å². The van der Waals surface area contributed by atoms with Crippen LogP contribution in [0.15, 0.2) is 97.6 Å². The minimum absolute atomic E-state index is 0.798. The molecular formula is C23H25P. The van der Waals surface area contributed by atoms with Crippen molar-refractivity contribution in [3.8, 4) is 0 Å². The fourth-order valence-electron chi connectivity index (χ4n) is 2.58.